The summed E-state index contributed by atoms with van der Waals surface area (Å²) >= 11 is 0. The van der Waals surface area contributed by atoms with Crippen molar-refractivity contribution in [3.63, 3.8) is 0 Å². The normalized spacial score (nSPS) is 11.9. The minimum Gasteiger partial charge on any atom is -0.748 e. The molecule has 0 aliphatic rings. The topological polar surface area (TPSA) is 57.2 Å². The molecule has 0 saturated carbocycles. The summed E-state index contributed by atoms with van der Waals surface area (Å²) in [4.78, 5) is 0. The average molecular weight is 352 g/mol. The number of nitrogens with zero attached hydrogens (tertiary/aromatic N) is 1. The highest BCUT2D eigenvalue weighted by molar-refractivity contribution is 7.85. The Kier molecular flexibility index (Phi) is 16.8. The van der Waals surface area contributed by atoms with E-state index in [4.69, 9.17) is 0 Å². The third kappa shape index (κ3) is 30.3. The molecule has 0 radical (unpaired) electrons. The molecule has 0 spiro atoms. The second-order valence-corrected chi connectivity index (χ2v) is 8.98. The maximum absolute atomic E-state index is 10.3. The predicted octanol–water partition coefficient (Wildman–Crippen LogP) is 4.56. The molecule has 0 fully saturated rings. The number of quaternary nitrogens is 1. The minimum atomic E-state index is -3.98. The van der Waals surface area contributed by atoms with E-state index in [9.17, 15) is 13.0 Å². The van der Waals surface area contributed by atoms with Crippen molar-refractivity contribution >= 4 is 10.1 Å². The Labute approximate surface area is 146 Å². The van der Waals surface area contributed by atoms with E-state index < -0.39 is 10.1 Å². The fraction of sp³-hybridized carbons (Fsp3) is 1.00. The van der Waals surface area contributed by atoms with Crippen LogP contribution in [0.25, 0.3) is 0 Å². The first kappa shape index (κ1) is 25.1. The van der Waals surface area contributed by atoms with Crippen molar-refractivity contribution in [2.75, 3.05) is 33.4 Å². The van der Waals surface area contributed by atoms with Gasteiger partial charge in [0.2, 0.25) is 0 Å². The van der Waals surface area contributed by atoms with Crippen molar-refractivity contribution in [2.45, 2.75) is 84.5 Å². The van der Waals surface area contributed by atoms with E-state index in [1.165, 1.54) is 57.9 Å². The smallest absolute Gasteiger partial charge is 0.0945 e. The highest BCUT2D eigenvalue weighted by atomic mass is 32.2. The van der Waals surface area contributed by atoms with Crippen molar-refractivity contribution in [1.82, 2.24) is 0 Å². The number of rotatable bonds is 13. The molecule has 0 aromatic rings. The molecule has 4 nitrogen and oxygen atoms in total. The van der Waals surface area contributed by atoms with Crippen molar-refractivity contribution in [3.05, 3.63) is 0 Å². The highest BCUT2D eigenvalue weighted by Gasteiger charge is 2.01. The molecule has 0 unspecified atom stereocenters. The van der Waals surface area contributed by atoms with E-state index in [2.05, 4.69) is 35.0 Å². The molecule has 5 heteroatoms. The van der Waals surface area contributed by atoms with Crippen LogP contribution in [-0.4, -0.2) is 50.9 Å². The Hall–Kier alpha value is -0.130. The van der Waals surface area contributed by atoms with Crippen LogP contribution in [0.2, 0.25) is 0 Å². The van der Waals surface area contributed by atoms with E-state index >= 15 is 0 Å². The molecule has 0 heterocycles. The lowest BCUT2D eigenvalue weighted by molar-refractivity contribution is -0.870. The van der Waals surface area contributed by atoms with Crippen molar-refractivity contribution in [2.24, 2.45) is 0 Å². The molecule has 0 aliphatic carbocycles. The molecule has 0 N–H and O–H groups in total. The SMILES string of the molecule is CCCCCCCCCCCCS(=O)(=O)[O-].CCC[N+](C)(C)C. The van der Waals surface area contributed by atoms with Crippen LogP contribution in [-0.2, 0) is 10.1 Å². The van der Waals surface area contributed by atoms with Crippen molar-refractivity contribution in [1.29, 1.82) is 0 Å². The molecule has 0 rings (SSSR count). The standard InChI is InChI=1S/C12H26O3S.C6H16N/c1-2-3-4-5-6-7-8-9-10-11-12-16(13,14)15;1-5-6-7(2,3)4/h2-12H2,1H3,(H,13,14,15);5-6H2,1-4H3/q;+1/p-1. The van der Waals surface area contributed by atoms with Gasteiger partial charge in [0.05, 0.1) is 37.8 Å². The summed E-state index contributed by atoms with van der Waals surface area (Å²) in [6.07, 6.45) is 12.7. The maximum atomic E-state index is 10.3. The molecule has 0 saturated heterocycles. The summed E-state index contributed by atoms with van der Waals surface area (Å²) in [7, 11) is 2.65. The molecule has 142 valence electrons. The third-order valence-electron chi connectivity index (χ3n) is 3.64. The largest absolute Gasteiger partial charge is 0.748 e. The lowest BCUT2D eigenvalue weighted by Crippen LogP contribution is -2.34. The Morgan fingerprint density at radius 3 is 1.35 bits per heavy atom. The van der Waals surface area contributed by atoms with Gasteiger partial charge in [-0.2, -0.15) is 0 Å². The van der Waals surface area contributed by atoms with Crippen LogP contribution in [0, 0.1) is 0 Å². The second-order valence-electron chi connectivity index (χ2n) is 7.46. The molecule has 0 atom stereocenters. The fourth-order valence-corrected chi connectivity index (χ4v) is 2.99. The Morgan fingerprint density at radius 1 is 0.696 bits per heavy atom. The highest BCUT2D eigenvalue weighted by Crippen LogP contribution is 2.10. The Bertz CT molecular complexity index is 335. The van der Waals surface area contributed by atoms with Crippen LogP contribution in [0.4, 0.5) is 0 Å². The quantitative estimate of drug-likeness (QED) is 0.278. The molecule has 23 heavy (non-hydrogen) atoms. The monoisotopic (exact) mass is 351 g/mol. The summed E-state index contributed by atoms with van der Waals surface area (Å²) in [5.74, 6) is -0.191. The fourth-order valence-electron chi connectivity index (χ4n) is 2.44. The summed E-state index contributed by atoms with van der Waals surface area (Å²) in [5.41, 5.74) is 0. The van der Waals surface area contributed by atoms with Crippen LogP contribution in [0.1, 0.15) is 84.5 Å². The lowest BCUT2D eigenvalue weighted by Gasteiger charge is -2.22. The molecule has 0 bridgehead atoms. The van der Waals surface area contributed by atoms with Gasteiger partial charge in [0.25, 0.3) is 0 Å². The summed E-state index contributed by atoms with van der Waals surface area (Å²) in [6.45, 7) is 5.70. The van der Waals surface area contributed by atoms with Gasteiger partial charge in [0.15, 0.2) is 0 Å². The van der Waals surface area contributed by atoms with E-state index in [0.29, 0.717) is 6.42 Å². The van der Waals surface area contributed by atoms with Gasteiger partial charge in [-0.25, -0.2) is 8.42 Å². The third-order valence-corrected chi connectivity index (χ3v) is 4.43. The summed E-state index contributed by atoms with van der Waals surface area (Å²) in [5, 5.41) is 0. The first-order valence-corrected chi connectivity index (χ1v) is 10.9. The molecule has 0 amide bonds. The van der Waals surface area contributed by atoms with Crippen molar-refractivity contribution in [3.8, 4) is 0 Å². The van der Waals surface area contributed by atoms with E-state index in [1.807, 2.05) is 0 Å². The average Bonchev–Trinajstić information content (AvgIpc) is 2.39. The van der Waals surface area contributed by atoms with Gasteiger partial charge in [-0.05, 0) is 12.8 Å². The number of hydrogen-bond donors (Lipinski definition) is 0. The van der Waals surface area contributed by atoms with Gasteiger partial charge >= 0.3 is 0 Å². The second kappa shape index (κ2) is 15.4. The van der Waals surface area contributed by atoms with E-state index in [1.54, 1.807) is 0 Å². The summed E-state index contributed by atoms with van der Waals surface area (Å²) < 4.78 is 32.0. The van der Waals surface area contributed by atoms with E-state index in [-0.39, 0.29) is 5.75 Å². The molecule has 0 aliphatic heterocycles. The molecular formula is C18H41NO3S. The molecule has 0 aromatic carbocycles. The van der Waals surface area contributed by atoms with E-state index in [0.717, 1.165) is 17.3 Å². The van der Waals surface area contributed by atoms with Gasteiger partial charge in [-0.15, -0.1) is 0 Å². The van der Waals surface area contributed by atoms with Crippen LogP contribution >= 0.6 is 0 Å². The number of unbranched alkanes of at least 4 members (excludes halogenated alkanes) is 9. The van der Waals surface area contributed by atoms with Crippen LogP contribution in [0.15, 0.2) is 0 Å². The van der Waals surface area contributed by atoms with Crippen LogP contribution in [0.5, 0.6) is 0 Å². The zero-order valence-corrected chi connectivity index (χ0v) is 17.1. The lowest BCUT2D eigenvalue weighted by atomic mass is 10.1. The first-order chi connectivity index (χ1) is 10.6. The van der Waals surface area contributed by atoms with Gasteiger partial charge in [0.1, 0.15) is 0 Å². The van der Waals surface area contributed by atoms with Crippen LogP contribution < -0.4 is 0 Å². The Balaban J connectivity index is 0. The van der Waals surface area contributed by atoms with Gasteiger partial charge in [-0.3, -0.25) is 0 Å². The van der Waals surface area contributed by atoms with Crippen LogP contribution in [0.3, 0.4) is 0 Å². The van der Waals surface area contributed by atoms with Gasteiger partial charge < -0.3 is 9.04 Å². The van der Waals surface area contributed by atoms with Crippen molar-refractivity contribution < 1.29 is 17.5 Å². The number of hydrogen-bond acceptors (Lipinski definition) is 3. The Morgan fingerprint density at radius 2 is 1.09 bits per heavy atom. The molecular weight excluding hydrogens is 310 g/mol. The minimum absolute atomic E-state index is 0.191. The maximum Gasteiger partial charge on any atom is 0.0945 e. The molecule has 0 aromatic heterocycles. The zero-order valence-electron chi connectivity index (χ0n) is 16.3. The van der Waals surface area contributed by atoms with Gasteiger partial charge in [-0.1, -0.05) is 71.6 Å². The summed E-state index contributed by atoms with van der Waals surface area (Å²) in [6, 6.07) is 0. The predicted molar refractivity (Wildman–Crippen MR) is 99.6 cm³/mol. The zero-order chi connectivity index (χ0) is 18.2. The van der Waals surface area contributed by atoms with Gasteiger partial charge in [0, 0.05) is 5.75 Å². The first-order valence-electron chi connectivity index (χ1n) is 9.36.